The lowest BCUT2D eigenvalue weighted by atomic mass is 9.88. The number of nitrogens with zero attached hydrogens (tertiary/aromatic N) is 2. The Morgan fingerprint density at radius 1 is 0.778 bits per heavy atom. The molecule has 4 rings (SSSR count). The normalized spacial score (nSPS) is 13.0. The first-order valence-corrected chi connectivity index (χ1v) is 11.0. The maximum atomic E-state index is 4.93. The van der Waals surface area contributed by atoms with Gasteiger partial charge in [0.1, 0.15) is 5.01 Å². The monoisotopic (exact) mass is 394 g/mol. The van der Waals surface area contributed by atoms with E-state index < -0.39 is 0 Å². The van der Waals surface area contributed by atoms with E-state index in [0.29, 0.717) is 0 Å². The second kappa shape index (κ2) is 6.39. The molecule has 0 N–H and O–H groups in total. The van der Waals surface area contributed by atoms with E-state index in [-0.39, 0.29) is 10.8 Å². The minimum absolute atomic E-state index is 0.0865. The molecule has 2 aromatic carbocycles. The number of hydrogen-bond acceptors (Lipinski definition) is 4. The summed E-state index contributed by atoms with van der Waals surface area (Å²) in [5, 5.41) is 2.26. The molecule has 0 unspecified atom stereocenters. The van der Waals surface area contributed by atoms with Crippen LogP contribution in [0.25, 0.3) is 31.0 Å². The Hall–Kier alpha value is -1.78. The summed E-state index contributed by atoms with van der Waals surface area (Å²) in [7, 11) is 0. The molecule has 0 saturated carbocycles. The van der Waals surface area contributed by atoms with Crippen LogP contribution in [0.3, 0.4) is 0 Å². The van der Waals surface area contributed by atoms with Crippen LogP contribution in [0, 0.1) is 5.41 Å². The first-order valence-electron chi connectivity index (χ1n) is 9.39. The lowest BCUT2D eigenvalue weighted by Gasteiger charge is -2.17. The minimum atomic E-state index is 0.0865. The molecule has 4 aromatic rings. The van der Waals surface area contributed by atoms with Gasteiger partial charge in [-0.15, -0.1) is 22.7 Å². The average Bonchev–Trinajstić information content (AvgIpc) is 3.15. The fraction of sp³-hybridized carbons (Fsp3) is 0.391. The van der Waals surface area contributed by atoms with Crippen molar-refractivity contribution in [1.82, 2.24) is 9.97 Å². The van der Waals surface area contributed by atoms with E-state index in [2.05, 4.69) is 77.9 Å². The van der Waals surface area contributed by atoms with Gasteiger partial charge in [-0.25, -0.2) is 9.97 Å². The summed E-state index contributed by atoms with van der Waals surface area (Å²) in [6, 6.07) is 13.3. The predicted molar refractivity (Wildman–Crippen MR) is 120 cm³/mol. The van der Waals surface area contributed by atoms with E-state index in [1.807, 2.05) is 0 Å². The van der Waals surface area contributed by atoms with Gasteiger partial charge in [-0.3, -0.25) is 0 Å². The molecule has 2 heterocycles. The summed E-state index contributed by atoms with van der Waals surface area (Å²) in [5.74, 6) is 0. The molecule has 0 aliphatic carbocycles. The first-order chi connectivity index (χ1) is 12.6. The Balaban J connectivity index is 1.73. The Morgan fingerprint density at radius 2 is 1.44 bits per heavy atom. The van der Waals surface area contributed by atoms with Crippen molar-refractivity contribution >= 4 is 43.1 Å². The number of benzene rings is 2. The Morgan fingerprint density at radius 3 is 2.15 bits per heavy atom. The molecule has 0 spiro atoms. The van der Waals surface area contributed by atoms with Crippen LogP contribution < -0.4 is 0 Å². The molecule has 2 nitrogen and oxygen atoms in total. The van der Waals surface area contributed by atoms with Crippen LogP contribution in [0.4, 0.5) is 0 Å². The van der Waals surface area contributed by atoms with Gasteiger partial charge in [0.2, 0.25) is 0 Å². The van der Waals surface area contributed by atoms with Crippen molar-refractivity contribution in [2.24, 2.45) is 5.41 Å². The Bertz CT molecular complexity index is 1120. The molecular formula is C23H26N2S2. The highest BCUT2D eigenvalue weighted by molar-refractivity contribution is 7.21. The fourth-order valence-electron chi connectivity index (χ4n) is 3.20. The van der Waals surface area contributed by atoms with Crippen molar-refractivity contribution in [3.05, 3.63) is 47.0 Å². The number of rotatable bonds is 2. The molecule has 0 fully saturated rings. The third-order valence-electron chi connectivity index (χ3n) is 4.46. The molecule has 0 saturated heterocycles. The highest BCUT2D eigenvalue weighted by Crippen LogP contribution is 2.36. The van der Waals surface area contributed by atoms with E-state index in [1.54, 1.807) is 22.7 Å². The zero-order chi connectivity index (χ0) is 19.4. The van der Waals surface area contributed by atoms with Gasteiger partial charge in [-0.2, -0.15) is 0 Å². The van der Waals surface area contributed by atoms with Crippen molar-refractivity contribution in [2.75, 3.05) is 0 Å². The first kappa shape index (κ1) is 18.6. The van der Waals surface area contributed by atoms with Crippen molar-refractivity contribution in [1.29, 1.82) is 0 Å². The summed E-state index contributed by atoms with van der Waals surface area (Å²) in [4.78, 5) is 9.80. The van der Waals surface area contributed by atoms with Crippen molar-refractivity contribution < 1.29 is 0 Å². The average molecular weight is 395 g/mol. The van der Waals surface area contributed by atoms with Crippen LogP contribution in [0.15, 0.2) is 36.4 Å². The maximum Gasteiger partial charge on any atom is 0.124 e. The van der Waals surface area contributed by atoms with E-state index >= 15 is 0 Å². The lowest BCUT2D eigenvalue weighted by Crippen LogP contribution is -2.09. The maximum absolute atomic E-state index is 4.93. The topological polar surface area (TPSA) is 25.8 Å². The molecule has 0 aliphatic rings. The van der Waals surface area contributed by atoms with Crippen molar-refractivity contribution in [3.8, 4) is 10.6 Å². The van der Waals surface area contributed by atoms with Crippen molar-refractivity contribution in [2.45, 2.75) is 53.4 Å². The molecule has 0 aliphatic heterocycles. The molecule has 0 bridgehead atoms. The summed E-state index contributed by atoms with van der Waals surface area (Å²) in [6.07, 6.45) is 1.07. The minimum Gasteiger partial charge on any atom is -0.241 e. The molecular weight excluding hydrogens is 368 g/mol. The van der Waals surface area contributed by atoms with Crippen LogP contribution in [0.1, 0.15) is 52.1 Å². The molecule has 0 radical (unpaired) electrons. The number of thiazole rings is 2. The van der Waals surface area contributed by atoms with E-state index in [1.165, 1.54) is 20.0 Å². The lowest BCUT2D eigenvalue weighted by molar-refractivity contribution is 0.411. The van der Waals surface area contributed by atoms with Gasteiger partial charge in [0.25, 0.3) is 0 Å². The molecule has 4 heteroatoms. The van der Waals surface area contributed by atoms with Crippen LogP contribution in [-0.4, -0.2) is 9.97 Å². The predicted octanol–water partition coefficient (Wildman–Crippen LogP) is 7.46. The van der Waals surface area contributed by atoms with Gasteiger partial charge in [0.15, 0.2) is 0 Å². The van der Waals surface area contributed by atoms with Gasteiger partial charge < -0.3 is 0 Å². The van der Waals surface area contributed by atoms with E-state index in [0.717, 1.165) is 28.0 Å². The van der Waals surface area contributed by atoms with Gasteiger partial charge in [0.05, 0.1) is 25.4 Å². The van der Waals surface area contributed by atoms with Crippen LogP contribution in [-0.2, 0) is 11.8 Å². The molecule has 2 aromatic heterocycles. The molecule has 140 valence electrons. The number of aromatic nitrogens is 2. The van der Waals surface area contributed by atoms with E-state index in [9.17, 15) is 0 Å². The molecule has 0 amide bonds. The second-order valence-electron chi connectivity index (χ2n) is 9.51. The van der Waals surface area contributed by atoms with Crippen LogP contribution in [0.2, 0.25) is 0 Å². The van der Waals surface area contributed by atoms with Crippen LogP contribution in [0.5, 0.6) is 0 Å². The van der Waals surface area contributed by atoms with E-state index in [4.69, 9.17) is 9.97 Å². The zero-order valence-corrected chi connectivity index (χ0v) is 18.5. The van der Waals surface area contributed by atoms with Gasteiger partial charge in [-0.05, 0) is 41.7 Å². The summed E-state index contributed by atoms with van der Waals surface area (Å²) < 4.78 is 2.49. The van der Waals surface area contributed by atoms with Crippen LogP contribution >= 0.6 is 22.7 Å². The number of fused-ring (bicyclic) bond motifs is 2. The standard InChI is InChI=1S/C23H26N2S2/c1-22(2,3)13-14-7-9-18-16(11-14)24-20(26-18)15-8-10-19-17(12-15)25-21(27-19)23(4,5)6/h7-12H,13H2,1-6H3. The summed E-state index contributed by atoms with van der Waals surface area (Å²) >= 11 is 3.55. The fourth-order valence-corrected chi connectivity index (χ4v) is 5.15. The Labute approximate surface area is 169 Å². The van der Waals surface area contributed by atoms with Crippen molar-refractivity contribution in [3.63, 3.8) is 0 Å². The third kappa shape index (κ3) is 3.92. The Kier molecular flexibility index (Phi) is 4.39. The summed E-state index contributed by atoms with van der Waals surface area (Å²) in [5.41, 5.74) is 5.07. The largest absolute Gasteiger partial charge is 0.241 e. The molecule has 0 atom stereocenters. The quantitative estimate of drug-likeness (QED) is 0.352. The highest BCUT2D eigenvalue weighted by Gasteiger charge is 2.19. The second-order valence-corrected chi connectivity index (χ2v) is 11.6. The zero-order valence-electron chi connectivity index (χ0n) is 16.9. The van der Waals surface area contributed by atoms with Gasteiger partial charge in [-0.1, -0.05) is 53.7 Å². The third-order valence-corrected chi connectivity index (χ3v) is 7.01. The van der Waals surface area contributed by atoms with Gasteiger partial charge >= 0.3 is 0 Å². The SMILES string of the molecule is CC(C)(C)Cc1ccc2sc(-c3ccc4sc(C(C)(C)C)nc4c3)nc2c1. The van der Waals surface area contributed by atoms with Gasteiger partial charge in [0, 0.05) is 11.0 Å². The highest BCUT2D eigenvalue weighted by atomic mass is 32.1. The number of hydrogen-bond donors (Lipinski definition) is 0. The molecule has 27 heavy (non-hydrogen) atoms. The smallest absolute Gasteiger partial charge is 0.124 e. The summed E-state index contributed by atoms with van der Waals surface area (Å²) in [6.45, 7) is 13.5.